The Morgan fingerprint density at radius 2 is 1.81 bits per heavy atom. The van der Waals surface area contributed by atoms with Crippen LogP contribution in [-0.2, 0) is 20.4 Å². The van der Waals surface area contributed by atoms with Crippen LogP contribution in [0.5, 0.6) is 0 Å². The van der Waals surface area contributed by atoms with Crippen LogP contribution in [0, 0.1) is 5.92 Å². The lowest BCUT2D eigenvalue weighted by Gasteiger charge is -2.15. The Balaban J connectivity index is 1.96. The molecule has 2 aromatic rings. The second-order valence-electron chi connectivity index (χ2n) is 6.89. The van der Waals surface area contributed by atoms with E-state index in [1.165, 1.54) is 0 Å². The minimum absolute atomic E-state index is 0.116. The fraction of sp³-hybridized carbons (Fsp3) is 0.476. The van der Waals surface area contributed by atoms with Crippen molar-refractivity contribution in [1.82, 2.24) is 5.32 Å². The first kappa shape index (κ1) is 20.4. The highest BCUT2D eigenvalue weighted by Crippen LogP contribution is 2.20. The number of unbranched alkanes of at least 4 members (excludes halogenated alkanes) is 1. The molecule has 0 aromatic heterocycles. The first-order valence-electron chi connectivity index (χ1n) is 9.39. The van der Waals surface area contributed by atoms with Crippen LogP contribution < -0.4 is 5.32 Å². The monoisotopic (exact) mass is 375 g/mol. The number of nitrogens with one attached hydrogen (secondary N) is 1. The Morgan fingerprint density at radius 1 is 1.08 bits per heavy atom. The molecule has 142 valence electrons. The molecular formula is C21H29NO3S. The SMILES string of the molecule is CCCCC(CC)CNC(=O)CS(=O)(=O)Cc1cccc2ccccc12. The summed E-state index contributed by atoms with van der Waals surface area (Å²) in [4.78, 5) is 12.1. The van der Waals surface area contributed by atoms with Crippen molar-refractivity contribution in [2.75, 3.05) is 12.3 Å². The maximum absolute atomic E-state index is 12.5. The number of carbonyl (C=O) groups excluding carboxylic acids is 1. The van der Waals surface area contributed by atoms with Crippen LogP contribution in [0.25, 0.3) is 10.8 Å². The molecule has 1 atom stereocenters. The molecule has 2 rings (SSSR count). The molecule has 0 saturated heterocycles. The predicted octanol–water partition coefficient (Wildman–Crippen LogP) is 4.09. The molecule has 0 aliphatic heterocycles. The molecule has 0 saturated carbocycles. The third-order valence-electron chi connectivity index (χ3n) is 4.74. The minimum Gasteiger partial charge on any atom is -0.355 e. The van der Waals surface area contributed by atoms with Crippen LogP contribution in [-0.4, -0.2) is 26.6 Å². The lowest BCUT2D eigenvalue weighted by molar-refractivity contribution is -0.118. The Kier molecular flexibility index (Phi) is 7.64. The molecule has 1 N–H and O–H groups in total. The van der Waals surface area contributed by atoms with Crippen LogP contribution in [0.2, 0.25) is 0 Å². The Labute approximate surface area is 156 Å². The normalized spacial score (nSPS) is 12.8. The molecular weight excluding hydrogens is 346 g/mol. The average Bonchev–Trinajstić information content (AvgIpc) is 2.61. The second-order valence-corrected chi connectivity index (χ2v) is 8.96. The van der Waals surface area contributed by atoms with Crippen molar-refractivity contribution in [3.8, 4) is 0 Å². The molecule has 4 nitrogen and oxygen atoms in total. The summed E-state index contributed by atoms with van der Waals surface area (Å²) in [5.74, 6) is -0.560. The van der Waals surface area contributed by atoms with Crippen LogP contribution in [0.4, 0.5) is 0 Å². The van der Waals surface area contributed by atoms with E-state index in [1.807, 2.05) is 42.5 Å². The Hall–Kier alpha value is -1.88. The number of amides is 1. The van der Waals surface area contributed by atoms with Crippen LogP contribution in [0.1, 0.15) is 45.1 Å². The number of rotatable bonds is 10. The lowest BCUT2D eigenvalue weighted by atomic mass is 9.99. The van der Waals surface area contributed by atoms with Gasteiger partial charge in [0.2, 0.25) is 5.91 Å². The molecule has 0 spiro atoms. The highest BCUT2D eigenvalue weighted by Gasteiger charge is 2.19. The number of hydrogen-bond acceptors (Lipinski definition) is 3. The standard InChI is InChI=1S/C21H29NO3S/c1-3-5-9-17(4-2)14-22-21(23)16-26(24,25)15-19-12-8-11-18-10-6-7-13-20(18)19/h6-8,10-13,17H,3-5,9,14-16H2,1-2H3,(H,22,23). The number of carbonyl (C=O) groups is 1. The molecule has 0 heterocycles. The van der Waals surface area contributed by atoms with Crippen molar-refractivity contribution in [3.05, 3.63) is 48.0 Å². The van der Waals surface area contributed by atoms with Crippen LogP contribution >= 0.6 is 0 Å². The van der Waals surface area contributed by atoms with Crippen LogP contribution in [0.3, 0.4) is 0 Å². The van der Waals surface area contributed by atoms with E-state index >= 15 is 0 Å². The smallest absolute Gasteiger partial charge is 0.235 e. The van der Waals surface area contributed by atoms with Crippen molar-refractivity contribution in [1.29, 1.82) is 0 Å². The highest BCUT2D eigenvalue weighted by molar-refractivity contribution is 7.91. The van der Waals surface area contributed by atoms with Crippen LogP contribution in [0.15, 0.2) is 42.5 Å². The highest BCUT2D eigenvalue weighted by atomic mass is 32.2. The maximum atomic E-state index is 12.5. The molecule has 0 aliphatic rings. The van der Waals surface area contributed by atoms with E-state index in [4.69, 9.17) is 0 Å². The van der Waals surface area contributed by atoms with E-state index in [9.17, 15) is 13.2 Å². The zero-order valence-corrected chi connectivity index (χ0v) is 16.5. The van der Waals surface area contributed by atoms with E-state index in [0.717, 1.165) is 42.0 Å². The third-order valence-corrected chi connectivity index (χ3v) is 6.19. The van der Waals surface area contributed by atoms with Gasteiger partial charge in [-0.1, -0.05) is 75.6 Å². The number of fused-ring (bicyclic) bond motifs is 1. The summed E-state index contributed by atoms with van der Waals surface area (Å²) in [6.45, 7) is 4.80. The van der Waals surface area contributed by atoms with Gasteiger partial charge < -0.3 is 5.32 Å². The summed E-state index contributed by atoms with van der Waals surface area (Å²) in [7, 11) is -3.51. The van der Waals surface area contributed by atoms with Crippen molar-refractivity contribution in [2.24, 2.45) is 5.92 Å². The molecule has 0 radical (unpaired) electrons. The van der Waals surface area contributed by atoms with E-state index in [2.05, 4.69) is 19.2 Å². The van der Waals surface area contributed by atoms with Gasteiger partial charge in [-0.15, -0.1) is 0 Å². The maximum Gasteiger partial charge on any atom is 0.235 e. The van der Waals surface area contributed by atoms with E-state index < -0.39 is 21.5 Å². The minimum atomic E-state index is -3.51. The molecule has 0 aliphatic carbocycles. The second kappa shape index (κ2) is 9.72. The fourth-order valence-corrected chi connectivity index (χ4v) is 4.49. The third kappa shape index (κ3) is 6.13. The fourth-order valence-electron chi connectivity index (χ4n) is 3.16. The van der Waals surface area contributed by atoms with Gasteiger partial charge in [0.15, 0.2) is 9.84 Å². The van der Waals surface area contributed by atoms with Crippen molar-refractivity contribution in [2.45, 2.75) is 45.3 Å². The summed E-state index contributed by atoms with van der Waals surface area (Å²) in [6.07, 6.45) is 4.32. The van der Waals surface area contributed by atoms with Crippen molar-refractivity contribution in [3.63, 3.8) is 0 Å². The quantitative estimate of drug-likeness (QED) is 0.680. The van der Waals surface area contributed by atoms with Crippen molar-refractivity contribution < 1.29 is 13.2 Å². The lowest BCUT2D eigenvalue weighted by Crippen LogP contribution is -2.34. The molecule has 5 heteroatoms. The van der Waals surface area contributed by atoms with E-state index in [-0.39, 0.29) is 5.75 Å². The van der Waals surface area contributed by atoms with Gasteiger partial charge in [0.25, 0.3) is 0 Å². The zero-order chi connectivity index (χ0) is 19.0. The first-order chi connectivity index (χ1) is 12.4. The predicted molar refractivity (Wildman–Crippen MR) is 108 cm³/mol. The van der Waals surface area contributed by atoms with Gasteiger partial charge in [0.05, 0.1) is 5.75 Å². The van der Waals surface area contributed by atoms with Gasteiger partial charge in [-0.25, -0.2) is 8.42 Å². The number of benzene rings is 2. The van der Waals surface area contributed by atoms with E-state index in [1.54, 1.807) is 0 Å². The summed E-state index contributed by atoms with van der Waals surface area (Å²) in [5.41, 5.74) is 0.741. The average molecular weight is 376 g/mol. The van der Waals surface area contributed by atoms with Crippen molar-refractivity contribution >= 4 is 26.5 Å². The van der Waals surface area contributed by atoms with E-state index in [0.29, 0.717) is 12.5 Å². The molecule has 26 heavy (non-hydrogen) atoms. The molecule has 1 unspecified atom stereocenters. The number of sulfone groups is 1. The molecule has 2 aromatic carbocycles. The van der Waals surface area contributed by atoms with Gasteiger partial charge in [-0.3, -0.25) is 4.79 Å². The van der Waals surface area contributed by atoms with Gasteiger partial charge in [-0.2, -0.15) is 0 Å². The summed E-state index contributed by atoms with van der Waals surface area (Å²) in [6, 6.07) is 13.3. The van der Waals surface area contributed by atoms with Gasteiger partial charge >= 0.3 is 0 Å². The largest absolute Gasteiger partial charge is 0.355 e. The molecule has 0 bridgehead atoms. The number of hydrogen-bond donors (Lipinski definition) is 1. The summed E-state index contributed by atoms with van der Waals surface area (Å²) in [5, 5.41) is 4.73. The molecule has 0 fully saturated rings. The Bertz CT molecular complexity index is 825. The topological polar surface area (TPSA) is 63.2 Å². The molecule has 1 amide bonds. The first-order valence-corrected chi connectivity index (χ1v) is 11.2. The summed E-state index contributed by atoms with van der Waals surface area (Å²) < 4.78 is 25.0. The Morgan fingerprint density at radius 3 is 2.54 bits per heavy atom. The summed E-state index contributed by atoms with van der Waals surface area (Å²) >= 11 is 0. The van der Waals surface area contributed by atoms with Gasteiger partial charge in [0.1, 0.15) is 5.75 Å². The zero-order valence-electron chi connectivity index (χ0n) is 15.7. The van der Waals surface area contributed by atoms with Gasteiger partial charge in [0, 0.05) is 6.54 Å². The van der Waals surface area contributed by atoms with Gasteiger partial charge in [-0.05, 0) is 28.7 Å².